The molecule has 3 aromatic rings. The van der Waals surface area contributed by atoms with E-state index in [0.717, 1.165) is 29.1 Å². The highest BCUT2D eigenvalue weighted by atomic mass is 79.9. The molecule has 0 unspecified atom stereocenters. The quantitative estimate of drug-likeness (QED) is 0.646. The average molecular weight is 371 g/mol. The van der Waals surface area contributed by atoms with Crippen molar-refractivity contribution in [3.63, 3.8) is 0 Å². The predicted molar refractivity (Wildman–Crippen MR) is 83.1 cm³/mol. The van der Waals surface area contributed by atoms with Crippen LogP contribution in [0.15, 0.2) is 42.6 Å². The fourth-order valence-electron chi connectivity index (χ4n) is 1.48. The van der Waals surface area contributed by atoms with E-state index in [1.807, 2.05) is 18.4 Å². The van der Waals surface area contributed by atoms with Gasteiger partial charge in [0, 0.05) is 21.8 Å². The van der Waals surface area contributed by atoms with Gasteiger partial charge in [-0.05, 0) is 34.3 Å². The second kappa shape index (κ2) is 5.74. The number of hydrogen-bond donors (Lipinski definition) is 0. The molecule has 0 aliphatic heterocycles. The van der Waals surface area contributed by atoms with Crippen LogP contribution in [0.4, 0.5) is 0 Å². The molecule has 96 valence electrons. The first-order valence-corrected chi connectivity index (χ1v) is 8.87. The molecule has 0 N–H and O–H groups in total. The van der Waals surface area contributed by atoms with E-state index in [9.17, 15) is 0 Å². The molecule has 0 fully saturated rings. The summed E-state index contributed by atoms with van der Waals surface area (Å²) < 4.78 is 2.81. The molecule has 0 saturated heterocycles. The van der Waals surface area contributed by atoms with Gasteiger partial charge in [0.15, 0.2) is 8.68 Å². The smallest absolute Gasteiger partial charge is 0.179 e. The molecule has 0 aromatic carbocycles. The third kappa shape index (κ3) is 2.91. The maximum Gasteiger partial charge on any atom is 0.179 e. The van der Waals surface area contributed by atoms with Gasteiger partial charge in [-0.25, -0.2) is 0 Å². The van der Waals surface area contributed by atoms with Crippen molar-refractivity contribution < 1.29 is 0 Å². The van der Waals surface area contributed by atoms with Crippen molar-refractivity contribution in [2.75, 3.05) is 6.26 Å². The van der Waals surface area contributed by atoms with Crippen LogP contribution in [-0.2, 0) is 0 Å². The van der Waals surface area contributed by atoms with Gasteiger partial charge >= 0.3 is 0 Å². The first-order chi connectivity index (χ1) is 9.26. The minimum Gasteiger partial charge on any atom is -0.254 e. The average Bonchev–Trinajstić information content (AvgIpc) is 2.86. The summed E-state index contributed by atoms with van der Waals surface area (Å²) in [5.74, 6) is 0. The number of pyridine rings is 2. The highest BCUT2D eigenvalue weighted by Gasteiger charge is 2.09. The molecule has 0 saturated carbocycles. The van der Waals surface area contributed by atoms with Crippen molar-refractivity contribution >= 4 is 61.8 Å². The molecular formula is C11H7BrN4S3. The topological polar surface area (TPSA) is 51.6 Å². The monoisotopic (exact) mass is 370 g/mol. The van der Waals surface area contributed by atoms with Gasteiger partial charge in [-0.1, -0.05) is 34.9 Å². The summed E-state index contributed by atoms with van der Waals surface area (Å²) in [6.07, 6.45) is 5.56. The highest BCUT2D eigenvalue weighted by Crippen LogP contribution is 2.35. The van der Waals surface area contributed by atoms with E-state index in [0.29, 0.717) is 0 Å². The normalized spacial score (nSPS) is 11.1. The minimum atomic E-state index is 0.869. The molecule has 0 amide bonds. The lowest BCUT2D eigenvalue weighted by molar-refractivity contribution is 0.956. The lowest BCUT2D eigenvalue weighted by Gasteiger charge is -2.02. The third-order valence-corrected chi connectivity index (χ3v) is 5.70. The molecule has 4 nitrogen and oxygen atoms in total. The number of rotatable bonds is 3. The van der Waals surface area contributed by atoms with Gasteiger partial charge < -0.3 is 0 Å². The summed E-state index contributed by atoms with van der Waals surface area (Å²) in [7, 11) is 0. The van der Waals surface area contributed by atoms with E-state index in [1.54, 1.807) is 47.3 Å². The Labute approximate surface area is 130 Å². The Balaban J connectivity index is 2.00. The predicted octanol–water partition coefficient (Wildman–Crippen LogP) is 4.12. The van der Waals surface area contributed by atoms with E-state index in [1.165, 1.54) is 0 Å². The van der Waals surface area contributed by atoms with Crippen LogP contribution < -0.4 is 0 Å². The molecule has 0 aliphatic carbocycles. The molecule has 19 heavy (non-hydrogen) atoms. The standard InChI is InChI=1S/C11H7BrN4S3/c1-17-10-15-16-11(19-10)18-8-2-3-13-7-4-6(12)5-14-9(7)8/h2-5H,1H3. The van der Waals surface area contributed by atoms with Crippen LogP contribution in [0, 0.1) is 0 Å². The van der Waals surface area contributed by atoms with E-state index in [-0.39, 0.29) is 0 Å². The van der Waals surface area contributed by atoms with Crippen LogP contribution in [0.1, 0.15) is 0 Å². The van der Waals surface area contributed by atoms with Crippen LogP contribution in [0.3, 0.4) is 0 Å². The van der Waals surface area contributed by atoms with Gasteiger partial charge in [-0.3, -0.25) is 9.97 Å². The Bertz CT molecular complexity index is 731. The molecule has 0 spiro atoms. The molecule has 8 heteroatoms. The number of aromatic nitrogens is 4. The third-order valence-electron chi connectivity index (χ3n) is 2.27. The zero-order valence-electron chi connectivity index (χ0n) is 9.70. The minimum absolute atomic E-state index is 0.869. The maximum atomic E-state index is 4.42. The molecule has 0 bridgehead atoms. The number of hydrogen-bond acceptors (Lipinski definition) is 7. The summed E-state index contributed by atoms with van der Waals surface area (Å²) in [4.78, 5) is 9.79. The van der Waals surface area contributed by atoms with Crippen LogP contribution in [0.25, 0.3) is 11.0 Å². The number of fused-ring (bicyclic) bond motifs is 1. The van der Waals surface area contributed by atoms with Crippen molar-refractivity contribution in [2.45, 2.75) is 13.6 Å². The van der Waals surface area contributed by atoms with E-state index >= 15 is 0 Å². The van der Waals surface area contributed by atoms with Gasteiger partial charge in [0.2, 0.25) is 0 Å². The second-order valence-corrected chi connectivity index (χ2v) is 7.71. The van der Waals surface area contributed by atoms with Crippen molar-refractivity contribution in [1.29, 1.82) is 0 Å². The Morgan fingerprint density at radius 3 is 2.84 bits per heavy atom. The second-order valence-electron chi connectivity index (χ2n) is 3.47. The molecule has 3 rings (SSSR count). The van der Waals surface area contributed by atoms with Gasteiger partial charge in [-0.2, -0.15) is 0 Å². The lowest BCUT2D eigenvalue weighted by atomic mass is 10.3. The molecular weight excluding hydrogens is 364 g/mol. The zero-order valence-corrected chi connectivity index (χ0v) is 13.7. The van der Waals surface area contributed by atoms with Gasteiger partial charge in [0.25, 0.3) is 0 Å². The van der Waals surface area contributed by atoms with E-state index in [4.69, 9.17) is 0 Å². The SMILES string of the molecule is CSc1nnc(Sc2ccnc3cc(Br)cnc23)s1. The van der Waals surface area contributed by atoms with Crippen molar-refractivity contribution in [1.82, 2.24) is 20.2 Å². The Kier molecular flexibility index (Phi) is 4.01. The van der Waals surface area contributed by atoms with E-state index < -0.39 is 0 Å². The van der Waals surface area contributed by atoms with Crippen LogP contribution >= 0.6 is 50.8 Å². The van der Waals surface area contributed by atoms with Crippen molar-refractivity contribution in [3.05, 3.63) is 29.0 Å². The van der Waals surface area contributed by atoms with E-state index in [2.05, 4.69) is 36.1 Å². The van der Waals surface area contributed by atoms with Gasteiger partial charge in [0.05, 0.1) is 5.52 Å². The van der Waals surface area contributed by atoms with Crippen LogP contribution in [0.5, 0.6) is 0 Å². The highest BCUT2D eigenvalue weighted by molar-refractivity contribution is 9.10. The number of halogens is 1. The summed E-state index contributed by atoms with van der Waals surface area (Å²) in [5, 5.41) is 8.25. The molecule has 3 heterocycles. The molecule has 0 atom stereocenters. The first kappa shape index (κ1) is 13.3. The molecule has 0 radical (unpaired) electrons. The van der Waals surface area contributed by atoms with Crippen molar-refractivity contribution in [3.8, 4) is 0 Å². The maximum absolute atomic E-state index is 4.42. The van der Waals surface area contributed by atoms with Crippen LogP contribution in [0.2, 0.25) is 0 Å². The summed E-state index contributed by atoms with van der Waals surface area (Å²) in [6.45, 7) is 0. The Morgan fingerprint density at radius 2 is 2.05 bits per heavy atom. The zero-order chi connectivity index (χ0) is 13.2. The summed E-state index contributed by atoms with van der Waals surface area (Å²) in [6, 6.07) is 3.91. The Morgan fingerprint density at radius 1 is 1.21 bits per heavy atom. The van der Waals surface area contributed by atoms with Gasteiger partial charge in [-0.15, -0.1) is 10.2 Å². The number of nitrogens with zero attached hydrogens (tertiary/aromatic N) is 4. The van der Waals surface area contributed by atoms with Crippen molar-refractivity contribution in [2.24, 2.45) is 0 Å². The number of thioether (sulfide) groups is 1. The molecule has 0 aliphatic rings. The van der Waals surface area contributed by atoms with Gasteiger partial charge in [0.1, 0.15) is 5.52 Å². The first-order valence-electron chi connectivity index (χ1n) is 5.22. The fourth-order valence-corrected chi connectivity index (χ4v) is 4.29. The summed E-state index contributed by atoms with van der Waals surface area (Å²) >= 11 is 8.17. The van der Waals surface area contributed by atoms with Crippen LogP contribution in [-0.4, -0.2) is 26.4 Å². The summed E-state index contributed by atoms with van der Waals surface area (Å²) in [5.41, 5.74) is 1.76. The Hall–Kier alpha value is -0.700. The fraction of sp³-hybridized carbons (Fsp3) is 0.0909. The lowest BCUT2D eigenvalue weighted by Crippen LogP contribution is -1.85. The largest absolute Gasteiger partial charge is 0.254 e. The molecule has 3 aromatic heterocycles.